The summed E-state index contributed by atoms with van der Waals surface area (Å²) in [6.45, 7) is 2.63. The molecule has 152 valence electrons. The van der Waals surface area contributed by atoms with E-state index in [4.69, 9.17) is 4.42 Å². The van der Waals surface area contributed by atoms with Gasteiger partial charge in [-0.05, 0) is 37.8 Å². The Labute approximate surface area is 160 Å². The van der Waals surface area contributed by atoms with Crippen molar-refractivity contribution in [3.8, 4) is 0 Å². The quantitative estimate of drug-likeness (QED) is 0.827. The summed E-state index contributed by atoms with van der Waals surface area (Å²) in [5.74, 6) is 0.311. The average Bonchev–Trinajstić information content (AvgIpc) is 3.35. The number of furan rings is 1. The minimum Gasteiger partial charge on any atom is -0.467 e. The van der Waals surface area contributed by atoms with Gasteiger partial charge in [-0.2, -0.15) is 18.3 Å². The molecule has 0 radical (unpaired) electrons. The first-order valence-electron chi connectivity index (χ1n) is 9.65. The number of aromatic nitrogens is 2. The van der Waals surface area contributed by atoms with Crippen LogP contribution < -0.4 is 5.32 Å². The van der Waals surface area contributed by atoms with Crippen LogP contribution in [-0.2, 0) is 0 Å². The topological polar surface area (TPSA) is 63.3 Å². The van der Waals surface area contributed by atoms with Gasteiger partial charge in [-0.1, -0.05) is 6.92 Å². The van der Waals surface area contributed by atoms with Gasteiger partial charge in [0.2, 0.25) is 0 Å². The van der Waals surface area contributed by atoms with Crippen LogP contribution in [0, 0.1) is 0 Å². The molecule has 1 fully saturated rings. The maximum atomic E-state index is 13.7. The van der Waals surface area contributed by atoms with E-state index in [9.17, 15) is 18.0 Å². The van der Waals surface area contributed by atoms with Crippen LogP contribution in [0.25, 0.3) is 0 Å². The number of nitrogens with one attached hydrogen (secondary N) is 1. The first kappa shape index (κ1) is 18.9. The molecule has 28 heavy (non-hydrogen) atoms. The zero-order chi connectivity index (χ0) is 19.9. The lowest BCUT2D eigenvalue weighted by Gasteiger charge is -2.34. The second-order valence-corrected chi connectivity index (χ2v) is 7.42. The molecule has 2 aliphatic rings. The number of likely N-dealkylation sites (tertiary alicyclic amines) is 1. The molecule has 0 unspecified atom stereocenters. The third kappa shape index (κ3) is 3.38. The first-order chi connectivity index (χ1) is 13.4. The van der Waals surface area contributed by atoms with Crippen LogP contribution in [0.4, 0.5) is 19.0 Å². The summed E-state index contributed by atoms with van der Waals surface area (Å²) < 4.78 is 47.3. The minimum absolute atomic E-state index is 0.0530. The van der Waals surface area contributed by atoms with Crippen molar-refractivity contribution in [1.29, 1.82) is 0 Å². The normalized spacial score (nSPS) is 25.3. The third-order valence-corrected chi connectivity index (χ3v) is 5.65. The lowest BCUT2D eigenvalue weighted by molar-refractivity contribution is -0.174. The number of amides is 1. The highest BCUT2D eigenvalue weighted by atomic mass is 19.4. The molecule has 0 aromatic carbocycles. The molecule has 2 aliphatic heterocycles. The van der Waals surface area contributed by atoms with Gasteiger partial charge in [-0.25, -0.2) is 4.68 Å². The van der Waals surface area contributed by atoms with E-state index >= 15 is 0 Å². The monoisotopic (exact) mass is 396 g/mol. The number of alkyl halides is 3. The largest absolute Gasteiger partial charge is 0.467 e. The van der Waals surface area contributed by atoms with Gasteiger partial charge in [0.15, 0.2) is 11.7 Å². The summed E-state index contributed by atoms with van der Waals surface area (Å²) in [6.07, 6.45) is 0.404. The van der Waals surface area contributed by atoms with E-state index in [1.807, 2.05) is 6.92 Å². The van der Waals surface area contributed by atoms with E-state index in [1.165, 1.54) is 12.3 Å². The number of fused-ring (bicyclic) bond motifs is 1. The van der Waals surface area contributed by atoms with Crippen molar-refractivity contribution >= 4 is 11.7 Å². The number of halogens is 3. The zero-order valence-corrected chi connectivity index (χ0v) is 15.6. The fraction of sp³-hybridized carbons (Fsp3) is 0.579. The van der Waals surface area contributed by atoms with Crippen LogP contribution in [-0.4, -0.2) is 39.4 Å². The van der Waals surface area contributed by atoms with Crippen LogP contribution in [0.1, 0.15) is 67.4 Å². The van der Waals surface area contributed by atoms with Crippen molar-refractivity contribution in [3.63, 3.8) is 0 Å². The van der Waals surface area contributed by atoms with Gasteiger partial charge in [0.05, 0.1) is 12.3 Å². The van der Waals surface area contributed by atoms with Crippen molar-refractivity contribution in [2.75, 3.05) is 11.9 Å². The lowest BCUT2D eigenvalue weighted by atomic mass is 9.99. The van der Waals surface area contributed by atoms with Crippen molar-refractivity contribution < 1.29 is 22.4 Å². The van der Waals surface area contributed by atoms with E-state index in [1.54, 1.807) is 17.0 Å². The molecule has 0 aliphatic carbocycles. The SMILES string of the molecule is CC[C@@H]1CCCCN1C(=O)c1cc2n(n1)[C@@H](C(F)(F)F)C[C@H](c1ccco1)N2. The van der Waals surface area contributed by atoms with E-state index in [2.05, 4.69) is 10.4 Å². The lowest BCUT2D eigenvalue weighted by Crippen LogP contribution is -2.43. The van der Waals surface area contributed by atoms with Gasteiger partial charge in [-0.3, -0.25) is 4.79 Å². The van der Waals surface area contributed by atoms with Crippen molar-refractivity contribution in [3.05, 3.63) is 35.9 Å². The van der Waals surface area contributed by atoms with Crippen LogP contribution in [0.5, 0.6) is 0 Å². The van der Waals surface area contributed by atoms with Crippen molar-refractivity contribution in [2.45, 2.75) is 63.3 Å². The summed E-state index contributed by atoms with van der Waals surface area (Å²) in [4.78, 5) is 14.7. The Balaban J connectivity index is 1.66. The van der Waals surface area contributed by atoms with Gasteiger partial charge in [0, 0.05) is 25.1 Å². The zero-order valence-electron chi connectivity index (χ0n) is 15.6. The molecule has 0 saturated carbocycles. The van der Waals surface area contributed by atoms with Gasteiger partial charge >= 0.3 is 6.18 Å². The Morgan fingerprint density at radius 2 is 2.21 bits per heavy atom. The van der Waals surface area contributed by atoms with E-state index < -0.39 is 18.3 Å². The molecule has 9 heteroatoms. The highest BCUT2D eigenvalue weighted by Gasteiger charge is 2.47. The molecular weight excluding hydrogens is 373 g/mol. The summed E-state index contributed by atoms with van der Waals surface area (Å²) in [7, 11) is 0. The van der Waals surface area contributed by atoms with Crippen LogP contribution in [0.3, 0.4) is 0 Å². The number of hydrogen-bond donors (Lipinski definition) is 1. The molecule has 0 bridgehead atoms. The number of carbonyl (C=O) groups is 1. The summed E-state index contributed by atoms with van der Waals surface area (Å²) in [6, 6.07) is 2.38. The molecule has 4 heterocycles. The molecule has 1 amide bonds. The number of piperidine rings is 1. The molecule has 1 N–H and O–H groups in total. The Morgan fingerprint density at radius 1 is 1.39 bits per heavy atom. The van der Waals surface area contributed by atoms with E-state index in [0.717, 1.165) is 30.4 Å². The second-order valence-electron chi connectivity index (χ2n) is 7.42. The van der Waals surface area contributed by atoms with Crippen LogP contribution >= 0.6 is 0 Å². The van der Waals surface area contributed by atoms with Crippen LogP contribution in [0.2, 0.25) is 0 Å². The minimum atomic E-state index is -4.48. The predicted octanol–water partition coefficient (Wildman–Crippen LogP) is 4.54. The standard InChI is InChI=1S/C19H23F3N4O2/c1-2-12-6-3-4-8-25(12)18(27)14-11-17-23-13(15-7-5-9-28-15)10-16(19(20,21)22)26(17)24-14/h5,7,9,11-13,16,23H,2-4,6,8,10H2,1H3/t12-,13-,16-/m1/s1. The number of nitrogens with zero attached hydrogens (tertiary/aromatic N) is 3. The third-order valence-electron chi connectivity index (χ3n) is 5.65. The summed E-state index contributed by atoms with van der Waals surface area (Å²) in [5.41, 5.74) is 0.0530. The van der Waals surface area contributed by atoms with E-state index in [-0.39, 0.29) is 29.9 Å². The van der Waals surface area contributed by atoms with Gasteiger partial charge in [0.25, 0.3) is 5.91 Å². The summed E-state index contributed by atoms with van der Waals surface area (Å²) in [5, 5.41) is 7.11. The Kier molecular flexibility index (Phi) is 4.84. The predicted molar refractivity (Wildman–Crippen MR) is 96.0 cm³/mol. The Morgan fingerprint density at radius 3 is 2.89 bits per heavy atom. The number of hydrogen-bond acceptors (Lipinski definition) is 4. The highest BCUT2D eigenvalue weighted by molar-refractivity contribution is 5.93. The maximum absolute atomic E-state index is 13.7. The van der Waals surface area contributed by atoms with E-state index in [0.29, 0.717) is 12.3 Å². The van der Waals surface area contributed by atoms with Gasteiger partial charge < -0.3 is 14.6 Å². The van der Waals surface area contributed by atoms with Crippen LogP contribution in [0.15, 0.2) is 28.9 Å². The molecule has 3 atom stereocenters. The molecule has 2 aromatic heterocycles. The first-order valence-corrected chi connectivity index (χ1v) is 9.65. The number of anilines is 1. The van der Waals surface area contributed by atoms with Crippen molar-refractivity contribution in [2.24, 2.45) is 0 Å². The molecule has 6 nitrogen and oxygen atoms in total. The molecule has 0 spiro atoms. The summed E-state index contributed by atoms with van der Waals surface area (Å²) >= 11 is 0. The Hall–Kier alpha value is -2.45. The molecule has 4 rings (SSSR count). The Bertz CT molecular complexity index is 831. The van der Waals surface area contributed by atoms with Gasteiger partial charge in [0.1, 0.15) is 11.6 Å². The fourth-order valence-corrected chi connectivity index (χ4v) is 4.19. The highest BCUT2D eigenvalue weighted by Crippen LogP contribution is 2.43. The number of carbonyl (C=O) groups excluding carboxylic acids is 1. The molecule has 2 aromatic rings. The average molecular weight is 396 g/mol. The smallest absolute Gasteiger partial charge is 0.410 e. The maximum Gasteiger partial charge on any atom is 0.410 e. The number of rotatable bonds is 3. The van der Waals surface area contributed by atoms with Crippen molar-refractivity contribution in [1.82, 2.24) is 14.7 Å². The fourth-order valence-electron chi connectivity index (χ4n) is 4.19. The molecule has 1 saturated heterocycles. The second kappa shape index (κ2) is 7.18. The molecular formula is C19H23F3N4O2. The van der Waals surface area contributed by atoms with Gasteiger partial charge in [-0.15, -0.1) is 0 Å².